The van der Waals surface area contributed by atoms with Crippen LogP contribution in [0.2, 0.25) is 5.02 Å². The summed E-state index contributed by atoms with van der Waals surface area (Å²) in [5.74, 6) is 0.418. The third kappa shape index (κ3) is 4.14. The van der Waals surface area contributed by atoms with Crippen LogP contribution < -0.4 is 10.6 Å². The normalized spacial score (nSPS) is 10.4. The Morgan fingerprint density at radius 2 is 1.96 bits per heavy atom. The molecule has 0 unspecified atom stereocenters. The molecule has 0 saturated carbocycles. The standard InChI is InChI=1S/C19H17ClN4O/c1-12-8-13(2)18(16(20)9-12)24-17-6-5-15(11-22-17)23-19(25)14-4-3-7-21-10-14/h3-11H,1-2H3,(H,22,24)(H,23,25). The van der Waals surface area contributed by atoms with Crippen LogP contribution in [0, 0.1) is 13.8 Å². The zero-order valence-corrected chi connectivity index (χ0v) is 14.6. The molecule has 3 rings (SSSR count). The molecule has 0 radical (unpaired) electrons. The van der Waals surface area contributed by atoms with Gasteiger partial charge in [0.2, 0.25) is 0 Å². The van der Waals surface area contributed by atoms with Crippen molar-refractivity contribution >= 4 is 34.7 Å². The van der Waals surface area contributed by atoms with Crippen molar-refractivity contribution < 1.29 is 4.79 Å². The molecule has 0 spiro atoms. The minimum atomic E-state index is -0.229. The second kappa shape index (κ2) is 7.32. The van der Waals surface area contributed by atoms with E-state index in [4.69, 9.17) is 11.6 Å². The average molecular weight is 353 g/mol. The molecule has 3 aromatic rings. The SMILES string of the molecule is Cc1cc(C)c(Nc2ccc(NC(=O)c3cccnc3)cn2)c(Cl)c1. The second-order valence-electron chi connectivity index (χ2n) is 5.69. The minimum absolute atomic E-state index is 0.229. The van der Waals surface area contributed by atoms with Gasteiger partial charge < -0.3 is 10.6 Å². The van der Waals surface area contributed by atoms with Crippen molar-refractivity contribution in [1.29, 1.82) is 0 Å². The van der Waals surface area contributed by atoms with Crippen molar-refractivity contribution in [3.8, 4) is 0 Å². The number of nitrogens with zero attached hydrogens (tertiary/aromatic N) is 2. The van der Waals surface area contributed by atoms with Gasteiger partial charge in [-0.15, -0.1) is 0 Å². The Balaban J connectivity index is 1.72. The number of anilines is 3. The van der Waals surface area contributed by atoms with Crippen molar-refractivity contribution in [3.63, 3.8) is 0 Å². The molecule has 5 nitrogen and oxygen atoms in total. The fourth-order valence-corrected chi connectivity index (χ4v) is 2.81. The summed E-state index contributed by atoms with van der Waals surface area (Å²) >= 11 is 6.30. The number of rotatable bonds is 4. The number of pyridine rings is 2. The summed E-state index contributed by atoms with van der Waals surface area (Å²) in [6.07, 6.45) is 4.73. The first-order valence-corrected chi connectivity index (χ1v) is 8.12. The Bertz CT molecular complexity index is 872. The lowest BCUT2D eigenvalue weighted by molar-refractivity contribution is 0.102. The number of aromatic nitrogens is 2. The lowest BCUT2D eigenvalue weighted by Gasteiger charge is -2.12. The monoisotopic (exact) mass is 352 g/mol. The Kier molecular flexibility index (Phi) is 4.95. The maximum absolute atomic E-state index is 12.1. The fraction of sp³-hybridized carbons (Fsp3) is 0.105. The number of carbonyl (C=O) groups is 1. The third-order valence-corrected chi connectivity index (χ3v) is 3.93. The fourth-order valence-electron chi connectivity index (χ4n) is 2.44. The topological polar surface area (TPSA) is 66.9 Å². The first kappa shape index (κ1) is 16.9. The summed E-state index contributed by atoms with van der Waals surface area (Å²) < 4.78 is 0. The highest BCUT2D eigenvalue weighted by molar-refractivity contribution is 6.33. The van der Waals surface area contributed by atoms with E-state index < -0.39 is 0 Å². The summed E-state index contributed by atoms with van der Waals surface area (Å²) in [5.41, 5.74) is 4.07. The molecule has 0 saturated heterocycles. The molecule has 2 aromatic heterocycles. The molecule has 1 aromatic carbocycles. The van der Waals surface area contributed by atoms with Gasteiger partial charge in [-0.2, -0.15) is 0 Å². The largest absolute Gasteiger partial charge is 0.339 e. The number of nitrogens with one attached hydrogen (secondary N) is 2. The number of carbonyl (C=O) groups excluding carboxylic acids is 1. The molecule has 0 atom stereocenters. The van der Waals surface area contributed by atoms with Gasteiger partial charge in [-0.1, -0.05) is 17.7 Å². The Morgan fingerprint density at radius 3 is 2.60 bits per heavy atom. The number of hydrogen-bond acceptors (Lipinski definition) is 4. The quantitative estimate of drug-likeness (QED) is 0.711. The van der Waals surface area contributed by atoms with Crippen LogP contribution >= 0.6 is 11.6 Å². The highest BCUT2D eigenvalue weighted by Crippen LogP contribution is 2.29. The molecule has 0 fully saturated rings. The predicted octanol–water partition coefficient (Wildman–Crippen LogP) is 4.74. The van der Waals surface area contributed by atoms with Crippen molar-refractivity contribution in [2.24, 2.45) is 0 Å². The summed E-state index contributed by atoms with van der Waals surface area (Å²) in [6, 6.07) is 10.9. The molecule has 1 amide bonds. The van der Waals surface area contributed by atoms with E-state index >= 15 is 0 Å². The van der Waals surface area contributed by atoms with E-state index in [9.17, 15) is 4.79 Å². The lowest BCUT2D eigenvalue weighted by atomic mass is 10.1. The lowest BCUT2D eigenvalue weighted by Crippen LogP contribution is -2.12. The van der Waals surface area contributed by atoms with Gasteiger partial charge in [-0.3, -0.25) is 9.78 Å². The van der Waals surface area contributed by atoms with Crippen molar-refractivity contribution in [1.82, 2.24) is 9.97 Å². The number of amides is 1. The van der Waals surface area contributed by atoms with Gasteiger partial charge in [0.25, 0.3) is 5.91 Å². The molecule has 126 valence electrons. The predicted molar refractivity (Wildman–Crippen MR) is 101 cm³/mol. The van der Waals surface area contributed by atoms with E-state index in [1.165, 1.54) is 6.20 Å². The van der Waals surface area contributed by atoms with Gasteiger partial charge in [0.05, 0.1) is 28.2 Å². The maximum atomic E-state index is 12.1. The van der Waals surface area contributed by atoms with Crippen molar-refractivity contribution in [2.45, 2.75) is 13.8 Å². The zero-order valence-electron chi connectivity index (χ0n) is 13.9. The van der Waals surface area contributed by atoms with Crippen LogP contribution in [0.1, 0.15) is 21.5 Å². The van der Waals surface area contributed by atoms with E-state index in [0.717, 1.165) is 16.8 Å². The van der Waals surface area contributed by atoms with E-state index in [-0.39, 0.29) is 5.91 Å². The number of halogens is 1. The maximum Gasteiger partial charge on any atom is 0.257 e. The van der Waals surface area contributed by atoms with Gasteiger partial charge in [0.15, 0.2) is 0 Å². The van der Waals surface area contributed by atoms with Gasteiger partial charge >= 0.3 is 0 Å². The third-order valence-electron chi connectivity index (χ3n) is 3.63. The Morgan fingerprint density at radius 1 is 1.12 bits per heavy atom. The van der Waals surface area contributed by atoms with Crippen molar-refractivity contribution in [3.05, 3.63) is 76.7 Å². The minimum Gasteiger partial charge on any atom is -0.339 e. The second-order valence-corrected chi connectivity index (χ2v) is 6.10. The molecule has 2 heterocycles. The summed E-state index contributed by atoms with van der Waals surface area (Å²) in [5, 5.41) is 6.64. The number of benzene rings is 1. The molecule has 0 bridgehead atoms. The van der Waals surface area contributed by atoms with Gasteiger partial charge in [0, 0.05) is 12.4 Å². The Labute approximate surface area is 151 Å². The first-order valence-electron chi connectivity index (χ1n) is 7.74. The zero-order chi connectivity index (χ0) is 17.8. The summed E-state index contributed by atoms with van der Waals surface area (Å²) in [4.78, 5) is 20.4. The van der Waals surface area contributed by atoms with Crippen LogP contribution in [0.4, 0.5) is 17.2 Å². The van der Waals surface area contributed by atoms with E-state index in [2.05, 4.69) is 26.7 Å². The van der Waals surface area contributed by atoms with Crippen LogP contribution in [0.25, 0.3) is 0 Å². The van der Waals surface area contributed by atoms with Crippen LogP contribution in [0.5, 0.6) is 0 Å². The van der Waals surface area contributed by atoms with Crippen molar-refractivity contribution in [2.75, 3.05) is 10.6 Å². The van der Waals surface area contributed by atoms with Crippen LogP contribution in [-0.2, 0) is 0 Å². The molecule has 6 heteroatoms. The van der Waals surface area contributed by atoms with Gasteiger partial charge in [0.1, 0.15) is 5.82 Å². The van der Waals surface area contributed by atoms with Crippen LogP contribution in [-0.4, -0.2) is 15.9 Å². The number of hydrogen-bond donors (Lipinski definition) is 2. The highest BCUT2D eigenvalue weighted by atomic mass is 35.5. The van der Waals surface area contributed by atoms with Gasteiger partial charge in [-0.25, -0.2) is 4.98 Å². The summed E-state index contributed by atoms with van der Waals surface area (Å²) in [6.45, 7) is 3.99. The molecular formula is C19H17ClN4O. The average Bonchev–Trinajstić information content (AvgIpc) is 2.60. The first-order chi connectivity index (χ1) is 12.0. The molecule has 0 aliphatic rings. The highest BCUT2D eigenvalue weighted by Gasteiger charge is 2.08. The molecule has 0 aliphatic carbocycles. The smallest absolute Gasteiger partial charge is 0.257 e. The molecule has 2 N–H and O–H groups in total. The van der Waals surface area contributed by atoms with Crippen LogP contribution in [0.15, 0.2) is 55.0 Å². The van der Waals surface area contributed by atoms with Gasteiger partial charge in [-0.05, 0) is 55.3 Å². The molecule has 0 aliphatic heterocycles. The van der Waals surface area contributed by atoms with E-state index in [1.807, 2.05) is 19.9 Å². The Hall–Kier alpha value is -2.92. The molecule has 25 heavy (non-hydrogen) atoms. The number of aryl methyl sites for hydroxylation is 2. The molecular weight excluding hydrogens is 336 g/mol. The summed E-state index contributed by atoms with van der Waals surface area (Å²) in [7, 11) is 0. The van der Waals surface area contributed by atoms with Crippen LogP contribution in [0.3, 0.4) is 0 Å². The van der Waals surface area contributed by atoms with E-state index in [0.29, 0.717) is 22.1 Å². The van der Waals surface area contributed by atoms with E-state index in [1.54, 1.807) is 36.7 Å².